The highest BCUT2D eigenvalue weighted by Crippen LogP contribution is 2.18. The van der Waals surface area contributed by atoms with Gasteiger partial charge in [0.2, 0.25) is 10.0 Å². The van der Waals surface area contributed by atoms with Crippen molar-refractivity contribution in [3.05, 3.63) is 53.9 Å². The lowest BCUT2D eigenvalue weighted by Gasteiger charge is -2.21. The van der Waals surface area contributed by atoms with Crippen LogP contribution in [0.25, 0.3) is 0 Å². The molecule has 142 valence electrons. The Balaban J connectivity index is 2.01. The molecule has 0 saturated carbocycles. The van der Waals surface area contributed by atoms with Crippen molar-refractivity contribution in [2.45, 2.75) is 37.9 Å². The zero-order chi connectivity index (χ0) is 19.3. The quantitative estimate of drug-likeness (QED) is 0.767. The van der Waals surface area contributed by atoms with Gasteiger partial charge in [0.05, 0.1) is 4.90 Å². The van der Waals surface area contributed by atoms with E-state index in [1.54, 1.807) is 25.4 Å². The van der Waals surface area contributed by atoms with E-state index < -0.39 is 10.0 Å². The number of hydrogen-bond acceptors (Lipinski definition) is 5. The topological polar surface area (TPSA) is 65.5 Å². The van der Waals surface area contributed by atoms with E-state index in [0.717, 1.165) is 16.8 Å². The molecule has 0 aliphatic rings. The number of rotatable bonds is 8. The van der Waals surface area contributed by atoms with Crippen LogP contribution in [0.3, 0.4) is 0 Å². The second-order valence-electron chi connectivity index (χ2n) is 6.76. The van der Waals surface area contributed by atoms with Crippen molar-refractivity contribution >= 4 is 15.7 Å². The van der Waals surface area contributed by atoms with Gasteiger partial charge in [-0.05, 0) is 37.6 Å². The Hall–Kier alpha value is -1.96. The summed E-state index contributed by atoms with van der Waals surface area (Å²) in [5.41, 5.74) is 3.28. The summed E-state index contributed by atoms with van der Waals surface area (Å²) in [6, 6.07) is 8.95. The number of nitrogens with one attached hydrogen (secondary N) is 1. The second kappa shape index (κ2) is 8.62. The molecule has 0 unspecified atom stereocenters. The minimum atomic E-state index is -3.43. The van der Waals surface area contributed by atoms with E-state index in [9.17, 15) is 8.42 Å². The Labute approximate surface area is 156 Å². The van der Waals surface area contributed by atoms with E-state index in [-0.39, 0.29) is 6.04 Å². The fourth-order valence-electron chi connectivity index (χ4n) is 2.56. The van der Waals surface area contributed by atoms with Crippen molar-refractivity contribution in [2.75, 3.05) is 26.0 Å². The molecule has 0 fully saturated rings. The normalized spacial score (nSPS) is 12.0. The second-order valence-corrected chi connectivity index (χ2v) is 8.76. The molecule has 0 aliphatic carbocycles. The fourth-order valence-corrected chi connectivity index (χ4v) is 3.92. The van der Waals surface area contributed by atoms with Crippen LogP contribution < -0.4 is 10.2 Å². The first kappa shape index (κ1) is 20.4. The van der Waals surface area contributed by atoms with Crippen LogP contribution >= 0.6 is 0 Å². The molecule has 0 bridgehead atoms. The lowest BCUT2D eigenvalue weighted by Crippen LogP contribution is -2.33. The van der Waals surface area contributed by atoms with Crippen molar-refractivity contribution in [2.24, 2.45) is 0 Å². The molecule has 7 heteroatoms. The first-order chi connectivity index (χ1) is 12.2. The van der Waals surface area contributed by atoms with Gasteiger partial charge in [-0.15, -0.1) is 0 Å². The third-order valence-corrected chi connectivity index (χ3v) is 6.38. The fraction of sp³-hybridized carbons (Fsp3) is 0.421. The largest absolute Gasteiger partial charge is 0.377 e. The van der Waals surface area contributed by atoms with Crippen LogP contribution in [0, 0.1) is 0 Å². The van der Waals surface area contributed by atoms with E-state index in [1.807, 2.05) is 52.3 Å². The van der Waals surface area contributed by atoms with Crippen LogP contribution in [0.15, 0.2) is 47.6 Å². The van der Waals surface area contributed by atoms with Crippen molar-refractivity contribution in [1.82, 2.24) is 14.6 Å². The number of anilines is 1. The van der Waals surface area contributed by atoms with Crippen LogP contribution in [0.2, 0.25) is 0 Å². The highest BCUT2D eigenvalue weighted by molar-refractivity contribution is 7.89. The van der Waals surface area contributed by atoms with Gasteiger partial charge in [-0.2, -0.15) is 4.31 Å². The summed E-state index contributed by atoms with van der Waals surface area (Å²) in [6.45, 7) is 5.06. The standard InChI is InChI=1S/C19H28N4O2S/c1-15(2)23(5)26(24,25)18-8-6-16(7-9-18)12-21-14-17-13-20-11-10-19(17)22(3)4/h6-11,13,15,21H,12,14H2,1-5H3. The molecule has 0 amide bonds. The van der Waals surface area contributed by atoms with Gasteiger partial charge in [-0.1, -0.05) is 12.1 Å². The molecule has 2 aromatic rings. The number of benzene rings is 1. The van der Waals surface area contributed by atoms with Crippen molar-refractivity contribution < 1.29 is 8.42 Å². The molecule has 0 atom stereocenters. The average molecular weight is 377 g/mol. The maximum absolute atomic E-state index is 12.5. The number of hydrogen-bond donors (Lipinski definition) is 1. The van der Waals surface area contributed by atoms with E-state index in [0.29, 0.717) is 18.0 Å². The molecule has 0 radical (unpaired) electrons. The summed E-state index contributed by atoms with van der Waals surface area (Å²) in [4.78, 5) is 6.56. The summed E-state index contributed by atoms with van der Waals surface area (Å²) in [5.74, 6) is 0. The molecule has 0 aliphatic heterocycles. The smallest absolute Gasteiger partial charge is 0.243 e. The maximum Gasteiger partial charge on any atom is 0.243 e. The first-order valence-electron chi connectivity index (χ1n) is 8.61. The Morgan fingerprint density at radius 1 is 1.04 bits per heavy atom. The van der Waals surface area contributed by atoms with Crippen LogP contribution in [0.1, 0.15) is 25.0 Å². The highest BCUT2D eigenvalue weighted by Gasteiger charge is 2.22. The summed E-state index contributed by atoms with van der Waals surface area (Å²) in [7, 11) is 2.18. The van der Waals surface area contributed by atoms with E-state index in [4.69, 9.17) is 0 Å². The summed E-state index contributed by atoms with van der Waals surface area (Å²) < 4.78 is 26.3. The lowest BCUT2D eigenvalue weighted by atomic mass is 10.2. The molecule has 6 nitrogen and oxygen atoms in total. The lowest BCUT2D eigenvalue weighted by molar-refractivity contribution is 0.410. The van der Waals surface area contributed by atoms with Gasteiger partial charge in [0, 0.05) is 63.9 Å². The predicted octanol–water partition coefficient (Wildman–Crippen LogP) is 2.47. The molecule has 1 aromatic heterocycles. The van der Waals surface area contributed by atoms with Gasteiger partial charge in [0.1, 0.15) is 0 Å². The minimum absolute atomic E-state index is 0.0771. The number of aromatic nitrogens is 1. The van der Waals surface area contributed by atoms with Gasteiger partial charge >= 0.3 is 0 Å². The van der Waals surface area contributed by atoms with Crippen molar-refractivity contribution in [1.29, 1.82) is 0 Å². The van der Waals surface area contributed by atoms with Crippen LogP contribution in [0.5, 0.6) is 0 Å². The van der Waals surface area contributed by atoms with Gasteiger partial charge in [-0.25, -0.2) is 8.42 Å². The molecular weight excluding hydrogens is 348 g/mol. The Morgan fingerprint density at radius 3 is 2.27 bits per heavy atom. The molecule has 1 N–H and O–H groups in total. The first-order valence-corrected chi connectivity index (χ1v) is 10.1. The van der Waals surface area contributed by atoms with E-state index in [1.165, 1.54) is 4.31 Å². The number of nitrogens with zero attached hydrogens (tertiary/aromatic N) is 3. The van der Waals surface area contributed by atoms with Crippen molar-refractivity contribution in [3.63, 3.8) is 0 Å². The predicted molar refractivity (Wildman–Crippen MR) is 106 cm³/mol. The third kappa shape index (κ3) is 4.81. The molecular formula is C19H28N4O2S. The molecule has 1 heterocycles. The summed E-state index contributed by atoms with van der Waals surface area (Å²) >= 11 is 0. The van der Waals surface area contributed by atoms with Gasteiger partial charge in [0.25, 0.3) is 0 Å². The Morgan fingerprint density at radius 2 is 1.69 bits per heavy atom. The van der Waals surface area contributed by atoms with Gasteiger partial charge in [-0.3, -0.25) is 4.98 Å². The average Bonchev–Trinajstić information content (AvgIpc) is 2.61. The molecule has 0 saturated heterocycles. The highest BCUT2D eigenvalue weighted by atomic mass is 32.2. The molecule has 2 rings (SSSR count). The number of sulfonamides is 1. The number of pyridine rings is 1. The van der Waals surface area contributed by atoms with Crippen LogP contribution in [-0.4, -0.2) is 44.9 Å². The monoisotopic (exact) mass is 376 g/mol. The SMILES string of the molecule is CC(C)N(C)S(=O)(=O)c1ccc(CNCc2cnccc2N(C)C)cc1. The van der Waals surface area contributed by atoms with Crippen molar-refractivity contribution in [3.8, 4) is 0 Å². The zero-order valence-electron chi connectivity index (χ0n) is 16.1. The van der Waals surface area contributed by atoms with E-state index in [2.05, 4.69) is 15.2 Å². The maximum atomic E-state index is 12.5. The molecule has 1 aromatic carbocycles. The molecule has 26 heavy (non-hydrogen) atoms. The Bertz CT molecular complexity index is 818. The van der Waals surface area contributed by atoms with Gasteiger partial charge in [0.15, 0.2) is 0 Å². The summed E-state index contributed by atoms with van der Waals surface area (Å²) in [6.07, 6.45) is 3.64. The van der Waals surface area contributed by atoms with Gasteiger partial charge < -0.3 is 10.2 Å². The molecule has 0 spiro atoms. The minimum Gasteiger partial charge on any atom is -0.377 e. The Kier molecular flexibility index (Phi) is 6.75. The third-order valence-electron chi connectivity index (χ3n) is 4.33. The van der Waals surface area contributed by atoms with Crippen LogP contribution in [0.4, 0.5) is 5.69 Å². The van der Waals surface area contributed by atoms with E-state index >= 15 is 0 Å². The van der Waals surface area contributed by atoms with Crippen LogP contribution in [-0.2, 0) is 23.1 Å². The zero-order valence-corrected chi connectivity index (χ0v) is 16.9. The summed E-state index contributed by atoms with van der Waals surface area (Å²) in [5, 5.41) is 3.39.